The lowest BCUT2D eigenvalue weighted by molar-refractivity contribution is -0.130. The Hall–Kier alpha value is -4.22. The summed E-state index contributed by atoms with van der Waals surface area (Å²) in [6, 6.07) is -0.186. The summed E-state index contributed by atoms with van der Waals surface area (Å²) in [4.78, 5) is 56.1. The Bertz CT molecular complexity index is 1800. The number of rotatable bonds is 3. The van der Waals surface area contributed by atoms with Gasteiger partial charge in [-0.25, -0.2) is 0 Å². The van der Waals surface area contributed by atoms with Gasteiger partial charge in [-0.2, -0.15) is 0 Å². The van der Waals surface area contributed by atoms with E-state index in [0.717, 1.165) is 18.4 Å². The first kappa shape index (κ1) is 28.9. The number of fused-ring (bicyclic) bond motifs is 4. The minimum Gasteiger partial charge on any atom is -0.508 e. The molecule has 0 unspecified atom stereocenters. The summed E-state index contributed by atoms with van der Waals surface area (Å²) in [6.45, 7) is 6.18. The Morgan fingerprint density at radius 2 is 1.72 bits per heavy atom. The first-order valence-electron chi connectivity index (χ1n) is 14.0. The summed E-state index contributed by atoms with van der Waals surface area (Å²) >= 11 is 0. The van der Waals surface area contributed by atoms with Gasteiger partial charge in [0.15, 0.2) is 17.2 Å². The summed E-state index contributed by atoms with van der Waals surface area (Å²) in [5, 5.41) is 46.2. The molecule has 11 nitrogen and oxygen atoms in total. The van der Waals surface area contributed by atoms with Crippen molar-refractivity contribution in [2.45, 2.75) is 57.1 Å². The number of aliphatic hydroxyl groups is 2. The van der Waals surface area contributed by atoms with Crippen molar-refractivity contribution in [1.29, 1.82) is 0 Å². The number of hydrogen-bond acceptors (Lipinski definition) is 10. The van der Waals surface area contributed by atoms with Crippen molar-refractivity contribution in [3.05, 3.63) is 51.3 Å². The summed E-state index contributed by atoms with van der Waals surface area (Å²) in [6.07, 6.45) is 3.91. The van der Waals surface area contributed by atoms with Crippen molar-refractivity contribution in [1.82, 2.24) is 4.90 Å². The topological polar surface area (TPSA) is 188 Å². The largest absolute Gasteiger partial charge is 0.508 e. The lowest BCUT2D eigenvalue weighted by Crippen LogP contribution is -2.66. The van der Waals surface area contributed by atoms with Gasteiger partial charge >= 0.3 is 0 Å². The van der Waals surface area contributed by atoms with Gasteiger partial charge in [0.1, 0.15) is 28.6 Å². The van der Waals surface area contributed by atoms with Crippen molar-refractivity contribution in [2.24, 2.45) is 17.1 Å². The number of aromatic hydroxyl groups is 2. The lowest BCUT2D eigenvalue weighted by Gasteiger charge is -2.49. The number of amides is 1. The second kappa shape index (κ2) is 8.67. The number of primary amides is 1. The number of methoxy groups -OCH3 is 1. The summed E-state index contributed by atoms with van der Waals surface area (Å²) in [7, 11) is 4.33. The number of likely N-dealkylation sites (N-methyl/N-ethyl adjacent to an activating group) is 1. The van der Waals surface area contributed by atoms with E-state index in [1.807, 2.05) is 6.92 Å². The molecule has 11 heteroatoms. The van der Waals surface area contributed by atoms with Gasteiger partial charge in [-0.15, -0.1) is 0 Å². The average Bonchev–Trinajstić information content (AvgIpc) is 3.27. The van der Waals surface area contributed by atoms with Gasteiger partial charge in [0.2, 0.25) is 5.78 Å². The molecule has 2 aromatic carbocycles. The van der Waals surface area contributed by atoms with E-state index in [1.165, 1.54) is 32.2 Å². The van der Waals surface area contributed by atoms with E-state index in [-0.39, 0.29) is 17.4 Å². The highest BCUT2D eigenvalue weighted by molar-refractivity contribution is 6.31. The zero-order valence-electron chi connectivity index (χ0n) is 24.8. The number of phenols is 2. The van der Waals surface area contributed by atoms with Gasteiger partial charge in [0, 0.05) is 28.0 Å². The van der Waals surface area contributed by atoms with E-state index in [9.17, 15) is 39.6 Å². The average molecular weight is 591 g/mol. The van der Waals surface area contributed by atoms with Gasteiger partial charge < -0.3 is 30.9 Å². The maximum atomic E-state index is 14.7. The first-order valence-corrected chi connectivity index (χ1v) is 14.0. The van der Waals surface area contributed by atoms with Gasteiger partial charge in [0.25, 0.3) is 5.91 Å². The molecule has 2 aromatic rings. The van der Waals surface area contributed by atoms with Crippen LogP contribution in [0.25, 0.3) is 10.8 Å². The first-order chi connectivity index (χ1) is 20.0. The van der Waals surface area contributed by atoms with Crippen molar-refractivity contribution < 1.29 is 44.3 Å². The van der Waals surface area contributed by atoms with Crippen LogP contribution in [0.2, 0.25) is 0 Å². The van der Waals surface area contributed by atoms with Gasteiger partial charge in [-0.1, -0.05) is 25.5 Å². The van der Waals surface area contributed by atoms with E-state index in [4.69, 9.17) is 10.5 Å². The quantitative estimate of drug-likeness (QED) is 0.262. The normalized spacial score (nSPS) is 29.3. The fraction of sp³-hybridized carbons (Fsp3) is 0.438. The number of hydrogen-bond donors (Lipinski definition) is 5. The molecule has 1 amide bonds. The van der Waals surface area contributed by atoms with Gasteiger partial charge in [-0.3, -0.25) is 24.1 Å². The molecule has 0 radical (unpaired) electrons. The predicted molar refractivity (Wildman–Crippen MR) is 154 cm³/mol. The molecule has 0 aliphatic heterocycles. The Morgan fingerprint density at radius 1 is 1.07 bits per heavy atom. The third kappa shape index (κ3) is 3.11. The predicted octanol–water partition coefficient (Wildman–Crippen LogP) is 2.36. The molecule has 0 aromatic heterocycles. The fourth-order valence-corrected chi connectivity index (χ4v) is 8.48. The summed E-state index contributed by atoms with van der Waals surface area (Å²) in [5.41, 5.74) is 1.37. The molecular weight excluding hydrogens is 556 g/mol. The number of nitrogens with two attached hydrogens (primary N) is 1. The van der Waals surface area contributed by atoms with Crippen molar-refractivity contribution in [3.8, 4) is 17.2 Å². The summed E-state index contributed by atoms with van der Waals surface area (Å²) in [5.74, 6) is -8.58. The van der Waals surface area contributed by atoms with Crippen LogP contribution >= 0.6 is 0 Å². The smallest absolute Gasteiger partial charge is 0.255 e. The molecule has 6 N–H and O–H groups in total. The van der Waals surface area contributed by atoms with Crippen molar-refractivity contribution in [2.75, 3.05) is 21.2 Å². The number of carbonyl (C=O) groups excluding carboxylic acids is 4. The Balaban J connectivity index is 1.79. The second-order valence-corrected chi connectivity index (χ2v) is 13.0. The van der Waals surface area contributed by atoms with Crippen LogP contribution in [-0.4, -0.2) is 81.4 Å². The van der Waals surface area contributed by atoms with E-state index in [1.54, 1.807) is 0 Å². The third-order valence-electron chi connectivity index (χ3n) is 10.5. The Labute approximate surface area is 247 Å². The molecule has 4 aliphatic carbocycles. The number of carbonyl (C=O) groups is 4. The number of nitrogens with zero attached hydrogens (tertiary/aromatic N) is 1. The van der Waals surface area contributed by atoms with Gasteiger partial charge in [-0.05, 0) is 51.3 Å². The number of Topliss-reactive ketones (excluding diaryl/α,β-unsaturated/α-hetero) is 3. The standard InChI is InChI=1S/C32H34N2O9/c1-12-8-7-9-30(2,3)31(12)11-13-16-18(14(35)10-15(43-6)21(16)31)24(36)19-17(13)25(37)22-23(34(4)5)26(38)20(29(33)41)28(40)32(22,42)27(19)39/h8,10,22-23,35-36,40,42H,7,9,11H2,1-6H3,(H2,33,41)/t22-,23+,31+,32+/m1/s1. The number of allylic oxidation sites excluding steroid dienone is 2. The molecule has 4 aliphatic rings. The van der Waals surface area contributed by atoms with Crippen LogP contribution in [0.5, 0.6) is 17.2 Å². The van der Waals surface area contributed by atoms with Gasteiger partial charge in [0.05, 0.1) is 30.0 Å². The van der Waals surface area contributed by atoms with Crippen LogP contribution in [0.3, 0.4) is 0 Å². The maximum Gasteiger partial charge on any atom is 0.255 e. The summed E-state index contributed by atoms with van der Waals surface area (Å²) < 4.78 is 5.78. The van der Waals surface area contributed by atoms with E-state index >= 15 is 0 Å². The highest BCUT2D eigenvalue weighted by Crippen LogP contribution is 2.65. The SMILES string of the molecule is COc1cc(O)c2c(O)c3c(c4c2c1[C@]1(C4)C(C)=CCCC1(C)C)C(=O)[C@H]1[C@H](N(C)C)C(=O)C(C(N)=O)=C(O)[C@@]1(O)C3=O. The van der Waals surface area contributed by atoms with Crippen LogP contribution in [0.4, 0.5) is 0 Å². The van der Waals surface area contributed by atoms with Crippen LogP contribution in [-0.2, 0) is 21.4 Å². The number of ketones is 3. The molecule has 226 valence electrons. The molecule has 1 spiro atoms. The van der Waals surface area contributed by atoms with Crippen LogP contribution in [0.1, 0.15) is 65.5 Å². The fourth-order valence-electron chi connectivity index (χ4n) is 8.48. The molecule has 0 saturated heterocycles. The monoisotopic (exact) mass is 590 g/mol. The minimum absolute atomic E-state index is 0.103. The third-order valence-corrected chi connectivity index (χ3v) is 10.5. The molecule has 0 heterocycles. The second-order valence-electron chi connectivity index (χ2n) is 13.0. The highest BCUT2D eigenvalue weighted by atomic mass is 16.5. The van der Waals surface area contributed by atoms with Crippen molar-refractivity contribution >= 4 is 34.0 Å². The van der Waals surface area contributed by atoms with Crippen LogP contribution in [0.15, 0.2) is 29.0 Å². The number of aliphatic hydroxyl groups excluding tert-OH is 1. The van der Waals surface area contributed by atoms with Crippen molar-refractivity contribution in [3.63, 3.8) is 0 Å². The minimum atomic E-state index is -3.09. The number of benzene rings is 2. The molecule has 0 fully saturated rings. The van der Waals surface area contributed by atoms with E-state index in [0.29, 0.717) is 22.3 Å². The highest BCUT2D eigenvalue weighted by Gasteiger charge is 2.67. The van der Waals surface area contributed by atoms with Crippen LogP contribution in [0, 0.1) is 11.3 Å². The molecule has 43 heavy (non-hydrogen) atoms. The van der Waals surface area contributed by atoms with E-state index < -0.39 is 80.0 Å². The van der Waals surface area contributed by atoms with Crippen LogP contribution < -0.4 is 10.5 Å². The molecule has 0 saturated carbocycles. The number of phenolic OH excluding ortho intramolecular Hbond substituents is 2. The number of ether oxygens (including phenoxy) is 1. The molecular formula is C32H34N2O9. The Kier molecular flexibility index (Phi) is 5.82. The Morgan fingerprint density at radius 3 is 2.28 bits per heavy atom. The lowest BCUT2D eigenvalue weighted by atomic mass is 9.54. The molecule has 4 atom stereocenters. The zero-order chi connectivity index (χ0) is 31.7. The zero-order valence-corrected chi connectivity index (χ0v) is 24.8. The molecule has 0 bridgehead atoms. The van der Waals surface area contributed by atoms with E-state index in [2.05, 4.69) is 19.9 Å². The maximum absolute atomic E-state index is 14.7. The molecule has 6 rings (SSSR count).